The number of rotatable bonds is 14. The van der Waals surface area contributed by atoms with Gasteiger partial charge in [0.25, 0.3) is 0 Å². The zero-order valence-electron chi connectivity index (χ0n) is 20.8. The van der Waals surface area contributed by atoms with E-state index in [4.69, 9.17) is 5.73 Å². The predicted molar refractivity (Wildman–Crippen MR) is 142 cm³/mol. The number of carbonyl (C=O) groups is 4. The van der Waals surface area contributed by atoms with E-state index in [1.165, 1.54) is 30.8 Å². The molecule has 37 heavy (non-hydrogen) atoms. The van der Waals surface area contributed by atoms with Crippen molar-refractivity contribution in [2.45, 2.75) is 50.4 Å². The van der Waals surface area contributed by atoms with E-state index in [-0.39, 0.29) is 25.0 Å². The number of phenols is 1. The summed E-state index contributed by atoms with van der Waals surface area (Å²) in [5.74, 6) is -2.30. The number of carbonyl (C=O) groups excluding carboxylic acids is 3. The molecular formula is C26H34N4O6S. The van der Waals surface area contributed by atoms with Crippen molar-refractivity contribution in [2.75, 3.05) is 12.0 Å². The number of hydrogen-bond acceptors (Lipinski definition) is 7. The molecule has 0 aliphatic rings. The molecule has 3 amide bonds. The van der Waals surface area contributed by atoms with Crippen LogP contribution in [0.4, 0.5) is 0 Å². The maximum Gasteiger partial charge on any atom is 0.326 e. The summed E-state index contributed by atoms with van der Waals surface area (Å²) < 4.78 is 0. The molecule has 2 rings (SSSR count). The third-order valence-corrected chi connectivity index (χ3v) is 6.27. The summed E-state index contributed by atoms with van der Waals surface area (Å²) in [4.78, 5) is 50.0. The van der Waals surface area contributed by atoms with E-state index in [9.17, 15) is 29.4 Å². The molecule has 0 radical (unpaired) electrons. The highest BCUT2D eigenvalue weighted by Gasteiger charge is 2.28. The van der Waals surface area contributed by atoms with Crippen LogP contribution in [0.1, 0.15) is 24.5 Å². The fourth-order valence-electron chi connectivity index (χ4n) is 3.49. The first-order valence-electron chi connectivity index (χ1n) is 11.8. The molecule has 200 valence electrons. The molecule has 0 bridgehead atoms. The standard InChI is InChI=1S/C26H34N4O6S/c1-16(28-24(33)20(27)14-18-8-10-19(31)11-9-18)23(32)29-21(12-13-37-2)25(34)30-22(26(35)36)15-17-6-4-3-5-7-17/h3-11,16,20-22,31H,12-15,27H2,1-2H3,(H,28,33)(H,29,32)(H,30,34)(H,35,36). The van der Waals surface area contributed by atoms with E-state index in [1.54, 1.807) is 36.4 Å². The summed E-state index contributed by atoms with van der Waals surface area (Å²) in [5, 5.41) is 26.7. The Kier molecular flexibility index (Phi) is 11.9. The summed E-state index contributed by atoms with van der Waals surface area (Å²) in [6, 6.07) is 11.1. The van der Waals surface area contributed by atoms with Crippen molar-refractivity contribution in [3.63, 3.8) is 0 Å². The molecule has 2 aromatic rings. The number of thioether (sulfide) groups is 1. The average Bonchev–Trinajstić information content (AvgIpc) is 2.87. The van der Waals surface area contributed by atoms with Crippen LogP contribution in [0.3, 0.4) is 0 Å². The van der Waals surface area contributed by atoms with Gasteiger partial charge in [-0.2, -0.15) is 11.8 Å². The third-order valence-electron chi connectivity index (χ3n) is 5.62. The van der Waals surface area contributed by atoms with Gasteiger partial charge in [-0.15, -0.1) is 0 Å². The van der Waals surface area contributed by atoms with Crippen molar-refractivity contribution in [3.8, 4) is 5.75 Å². The first-order valence-corrected chi connectivity index (χ1v) is 13.2. The second-order valence-corrected chi connectivity index (χ2v) is 9.62. The zero-order chi connectivity index (χ0) is 27.4. The summed E-state index contributed by atoms with van der Waals surface area (Å²) in [6.07, 6.45) is 2.43. The third kappa shape index (κ3) is 10.1. The van der Waals surface area contributed by atoms with Gasteiger partial charge in [0.05, 0.1) is 6.04 Å². The van der Waals surface area contributed by atoms with Crippen LogP contribution >= 0.6 is 11.8 Å². The number of carboxylic acids is 1. The van der Waals surface area contributed by atoms with E-state index >= 15 is 0 Å². The second kappa shape index (κ2) is 14.9. The monoisotopic (exact) mass is 530 g/mol. The number of hydrogen-bond donors (Lipinski definition) is 6. The highest BCUT2D eigenvalue weighted by Crippen LogP contribution is 2.11. The topological polar surface area (TPSA) is 171 Å². The van der Waals surface area contributed by atoms with Crippen LogP contribution in [0.5, 0.6) is 5.75 Å². The Bertz CT molecular complexity index is 1050. The average molecular weight is 531 g/mol. The highest BCUT2D eigenvalue weighted by atomic mass is 32.2. The molecule has 2 aromatic carbocycles. The second-order valence-electron chi connectivity index (χ2n) is 8.64. The van der Waals surface area contributed by atoms with Crippen molar-refractivity contribution in [3.05, 3.63) is 65.7 Å². The van der Waals surface area contributed by atoms with Crippen LogP contribution < -0.4 is 21.7 Å². The molecule has 0 spiro atoms. The van der Waals surface area contributed by atoms with E-state index in [1.807, 2.05) is 12.3 Å². The first-order chi connectivity index (χ1) is 17.6. The zero-order valence-corrected chi connectivity index (χ0v) is 21.7. The molecular weight excluding hydrogens is 496 g/mol. The number of nitrogens with two attached hydrogens (primary N) is 1. The Balaban J connectivity index is 1.97. The molecule has 0 aliphatic heterocycles. The van der Waals surface area contributed by atoms with Crippen LogP contribution in [-0.4, -0.2) is 70.1 Å². The minimum atomic E-state index is -1.18. The molecule has 0 aromatic heterocycles. The molecule has 0 fully saturated rings. The maximum atomic E-state index is 12.9. The van der Waals surface area contributed by atoms with Gasteiger partial charge in [0.1, 0.15) is 23.9 Å². The lowest BCUT2D eigenvalue weighted by atomic mass is 10.0. The van der Waals surface area contributed by atoms with Crippen LogP contribution in [0.15, 0.2) is 54.6 Å². The lowest BCUT2D eigenvalue weighted by Gasteiger charge is -2.24. The van der Waals surface area contributed by atoms with Gasteiger partial charge in [0, 0.05) is 6.42 Å². The quantitative estimate of drug-likeness (QED) is 0.208. The normalized spacial score (nSPS) is 14.0. The number of benzene rings is 2. The van der Waals surface area contributed by atoms with Crippen molar-refractivity contribution in [1.82, 2.24) is 16.0 Å². The lowest BCUT2D eigenvalue weighted by Crippen LogP contribution is -2.56. The molecule has 0 saturated heterocycles. The number of aromatic hydroxyl groups is 1. The lowest BCUT2D eigenvalue weighted by molar-refractivity contribution is -0.142. The molecule has 0 aliphatic carbocycles. The minimum Gasteiger partial charge on any atom is -0.508 e. The first kappa shape index (κ1) is 29.7. The Hall–Kier alpha value is -3.57. The molecule has 0 saturated carbocycles. The molecule has 11 heteroatoms. The van der Waals surface area contributed by atoms with Crippen molar-refractivity contribution in [1.29, 1.82) is 0 Å². The Morgan fingerprint density at radius 2 is 1.43 bits per heavy atom. The van der Waals surface area contributed by atoms with Gasteiger partial charge in [0.2, 0.25) is 17.7 Å². The maximum absolute atomic E-state index is 12.9. The van der Waals surface area contributed by atoms with Crippen molar-refractivity contribution < 1.29 is 29.4 Å². The molecule has 7 N–H and O–H groups in total. The van der Waals surface area contributed by atoms with E-state index < -0.39 is 47.9 Å². The van der Waals surface area contributed by atoms with Gasteiger partial charge >= 0.3 is 5.97 Å². The minimum absolute atomic E-state index is 0.0937. The number of nitrogens with one attached hydrogen (secondary N) is 3. The van der Waals surface area contributed by atoms with Gasteiger partial charge < -0.3 is 31.9 Å². The molecule has 4 unspecified atom stereocenters. The fraction of sp³-hybridized carbons (Fsp3) is 0.385. The van der Waals surface area contributed by atoms with Crippen LogP contribution in [0.2, 0.25) is 0 Å². The van der Waals surface area contributed by atoms with Gasteiger partial charge in [-0.3, -0.25) is 14.4 Å². The Labute approximate surface area is 220 Å². The molecule has 10 nitrogen and oxygen atoms in total. The Morgan fingerprint density at radius 3 is 2.03 bits per heavy atom. The number of carboxylic acid groups (broad SMARTS) is 1. The fourth-order valence-corrected chi connectivity index (χ4v) is 3.96. The summed E-state index contributed by atoms with van der Waals surface area (Å²) in [7, 11) is 0. The van der Waals surface area contributed by atoms with Gasteiger partial charge in [-0.05, 0) is 55.0 Å². The van der Waals surface area contributed by atoms with E-state index in [2.05, 4.69) is 16.0 Å². The largest absolute Gasteiger partial charge is 0.508 e. The van der Waals surface area contributed by atoms with E-state index in [0.29, 0.717) is 5.75 Å². The van der Waals surface area contributed by atoms with Crippen molar-refractivity contribution in [2.24, 2.45) is 5.73 Å². The van der Waals surface area contributed by atoms with Crippen LogP contribution in [0.25, 0.3) is 0 Å². The van der Waals surface area contributed by atoms with Gasteiger partial charge in [-0.1, -0.05) is 42.5 Å². The molecule has 0 heterocycles. The van der Waals surface area contributed by atoms with Crippen molar-refractivity contribution >= 4 is 35.5 Å². The number of phenolic OH excluding ortho intramolecular Hbond substituents is 1. The molecule has 4 atom stereocenters. The van der Waals surface area contributed by atoms with Gasteiger partial charge in [-0.25, -0.2) is 4.79 Å². The number of aliphatic carboxylic acids is 1. The van der Waals surface area contributed by atoms with E-state index in [0.717, 1.165) is 11.1 Å². The van der Waals surface area contributed by atoms with Gasteiger partial charge in [0.15, 0.2) is 0 Å². The van der Waals surface area contributed by atoms with Crippen LogP contribution in [-0.2, 0) is 32.0 Å². The smallest absolute Gasteiger partial charge is 0.326 e. The summed E-state index contributed by atoms with van der Waals surface area (Å²) in [6.45, 7) is 1.47. The predicted octanol–water partition coefficient (Wildman–Crippen LogP) is 0.817. The Morgan fingerprint density at radius 1 is 0.838 bits per heavy atom. The SMILES string of the molecule is CSCCC(NC(=O)C(C)NC(=O)C(N)Cc1ccc(O)cc1)C(=O)NC(Cc1ccccc1)C(=O)O. The number of amides is 3. The highest BCUT2D eigenvalue weighted by molar-refractivity contribution is 7.98. The summed E-state index contributed by atoms with van der Waals surface area (Å²) in [5.41, 5.74) is 7.46. The van der Waals surface area contributed by atoms with Crippen LogP contribution in [0, 0.1) is 0 Å². The summed E-state index contributed by atoms with van der Waals surface area (Å²) >= 11 is 1.48.